The van der Waals surface area contributed by atoms with Crippen LogP contribution in [0, 0.1) is 20.8 Å². The van der Waals surface area contributed by atoms with Crippen LogP contribution < -0.4 is 5.32 Å². The molecule has 0 aliphatic carbocycles. The Morgan fingerprint density at radius 1 is 1.19 bits per heavy atom. The molecular weight excluding hydrogens is 424 g/mol. The summed E-state index contributed by atoms with van der Waals surface area (Å²) in [6.45, 7) is 10.1. The summed E-state index contributed by atoms with van der Waals surface area (Å²) in [5.41, 5.74) is 4.18. The number of rotatable bonds is 8. The smallest absolute Gasteiger partial charge is 0.234 e. The number of amides is 1. The quantitative estimate of drug-likeness (QED) is 0.314. The lowest BCUT2D eigenvalue weighted by molar-refractivity contribution is -0.113. The van der Waals surface area contributed by atoms with E-state index >= 15 is 0 Å². The summed E-state index contributed by atoms with van der Waals surface area (Å²) in [5, 5.41) is 16.8. The highest BCUT2D eigenvalue weighted by Gasteiger charge is 2.19. The maximum atomic E-state index is 12.7. The molecule has 0 aliphatic heterocycles. The normalized spacial score (nSPS) is 11.0. The Labute approximate surface area is 190 Å². The number of hydrogen-bond acceptors (Lipinski definition) is 6. The molecule has 4 aromatic rings. The van der Waals surface area contributed by atoms with Crippen molar-refractivity contribution in [3.63, 3.8) is 0 Å². The molecule has 3 aromatic heterocycles. The zero-order valence-electron chi connectivity index (χ0n) is 18.2. The minimum Gasteiger partial charge on any atom is -0.469 e. The predicted molar refractivity (Wildman–Crippen MR) is 125 cm³/mol. The van der Waals surface area contributed by atoms with E-state index < -0.39 is 0 Å². The number of benzene rings is 1. The van der Waals surface area contributed by atoms with Gasteiger partial charge in [-0.25, -0.2) is 4.68 Å². The fourth-order valence-corrected chi connectivity index (χ4v) is 4.20. The number of aromatic nitrogens is 5. The third-order valence-corrected chi connectivity index (χ3v) is 5.98. The van der Waals surface area contributed by atoms with Crippen molar-refractivity contribution >= 4 is 23.4 Å². The number of carbonyl (C=O) groups is 1. The minimum atomic E-state index is -0.136. The van der Waals surface area contributed by atoms with Gasteiger partial charge in [0.05, 0.1) is 40.3 Å². The van der Waals surface area contributed by atoms with Gasteiger partial charge in [-0.15, -0.1) is 16.8 Å². The summed E-state index contributed by atoms with van der Waals surface area (Å²) in [7, 11) is 0. The summed E-state index contributed by atoms with van der Waals surface area (Å²) in [5.74, 6) is 1.51. The number of nitrogens with one attached hydrogen (secondary N) is 1. The number of para-hydroxylation sites is 1. The fourth-order valence-electron chi connectivity index (χ4n) is 3.46. The number of allylic oxidation sites excluding steroid dienone is 1. The molecule has 3 heterocycles. The molecule has 0 radical (unpaired) electrons. The average molecular weight is 449 g/mol. The highest BCUT2D eigenvalue weighted by atomic mass is 32.2. The van der Waals surface area contributed by atoms with E-state index in [0.717, 1.165) is 34.1 Å². The molecule has 0 aliphatic rings. The van der Waals surface area contributed by atoms with Crippen LogP contribution in [0.1, 0.15) is 17.1 Å². The van der Waals surface area contributed by atoms with Crippen LogP contribution in [0.5, 0.6) is 0 Å². The second-order valence-electron chi connectivity index (χ2n) is 7.23. The van der Waals surface area contributed by atoms with E-state index in [9.17, 15) is 4.79 Å². The number of nitrogens with zero attached hydrogens (tertiary/aromatic N) is 5. The van der Waals surface area contributed by atoms with E-state index in [1.165, 1.54) is 11.8 Å². The van der Waals surface area contributed by atoms with Gasteiger partial charge < -0.3 is 9.73 Å². The topological polar surface area (TPSA) is 90.8 Å². The molecular formula is C23H24N6O2S. The standard InChI is InChI=1S/C23H24N6O2S/c1-5-12-28-22(19-11-13-31-17(19)4)25-26-23(28)32-14-20(30)24-21-15(2)27-29(16(21)3)18-9-7-6-8-10-18/h5-11,13H,1,12,14H2,2-4H3,(H,24,30). The van der Waals surface area contributed by atoms with Crippen molar-refractivity contribution in [2.45, 2.75) is 32.5 Å². The predicted octanol–water partition coefficient (Wildman–Crippen LogP) is 4.57. The van der Waals surface area contributed by atoms with Crippen LogP contribution in [-0.4, -0.2) is 36.2 Å². The van der Waals surface area contributed by atoms with Gasteiger partial charge in [0.1, 0.15) is 5.76 Å². The van der Waals surface area contributed by atoms with Crippen molar-refractivity contribution in [2.75, 3.05) is 11.1 Å². The number of hydrogen-bond donors (Lipinski definition) is 1. The molecule has 8 nitrogen and oxygen atoms in total. The third kappa shape index (κ3) is 4.24. The molecule has 0 fully saturated rings. The summed E-state index contributed by atoms with van der Waals surface area (Å²) >= 11 is 1.32. The van der Waals surface area contributed by atoms with E-state index in [1.807, 2.05) is 66.4 Å². The largest absolute Gasteiger partial charge is 0.469 e. The van der Waals surface area contributed by atoms with Gasteiger partial charge >= 0.3 is 0 Å². The first-order valence-electron chi connectivity index (χ1n) is 10.1. The van der Waals surface area contributed by atoms with Crippen molar-refractivity contribution < 1.29 is 9.21 Å². The molecule has 1 aromatic carbocycles. The van der Waals surface area contributed by atoms with Crippen LogP contribution >= 0.6 is 11.8 Å². The van der Waals surface area contributed by atoms with E-state index in [2.05, 4.69) is 27.2 Å². The summed E-state index contributed by atoms with van der Waals surface area (Å²) < 4.78 is 9.15. The fraction of sp³-hybridized carbons (Fsp3) is 0.217. The van der Waals surface area contributed by atoms with E-state index in [4.69, 9.17) is 4.42 Å². The van der Waals surface area contributed by atoms with Gasteiger partial charge in [0.15, 0.2) is 11.0 Å². The van der Waals surface area contributed by atoms with Crippen LogP contribution in [0.4, 0.5) is 5.69 Å². The molecule has 32 heavy (non-hydrogen) atoms. The van der Waals surface area contributed by atoms with E-state index in [1.54, 1.807) is 12.3 Å². The van der Waals surface area contributed by atoms with Crippen LogP contribution in [0.15, 0.2) is 64.9 Å². The number of thioether (sulfide) groups is 1. The Morgan fingerprint density at radius 2 is 1.97 bits per heavy atom. The van der Waals surface area contributed by atoms with Crippen LogP contribution in [-0.2, 0) is 11.3 Å². The maximum Gasteiger partial charge on any atom is 0.234 e. The lowest BCUT2D eigenvalue weighted by Crippen LogP contribution is -2.16. The van der Waals surface area contributed by atoms with Crippen molar-refractivity contribution in [1.29, 1.82) is 0 Å². The average Bonchev–Trinajstić information content (AvgIpc) is 3.47. The first kappa shape index (κ1) is 21.6. The second kappa shape index (κ2) is 9.27. The molecule has 0 bridgehead atoms. The van der Waals surface area contributed by atoms with Gasteiger partial charge in [0.25, 0.3) is 0 Å². The zero-order valence-corrected chi connectivity index (χ0v) is 19.0. The Kier molecular flexibility index (Phi) is 6.27. The van der Waals surface area contributed by atoms with Crippen LogP contribution in [0.2, 0.25) is 0 Å². The Bertz CT molecular complexity index is 1260. The summed E-state index contributed by atoms with van der Waals surface area (Å²) in [6, 6.07) is 11.7. The number of aryl methyl sites for hydroxylation is 2. The molecule has 4 rings (SSSR count). The first-order chi connectivity index (χ1) is 15.5. The van der Waals surface area contributed by atoms with Crippen molar-refractivity contribution in [2.24, 2.45) is 0 Å². The Balaban J connectivity index is 1.49. The highest BCUT2D eigenvalue weighted by molar-refractivity contribution is 7.99. The third-order valence-electron chi connectivity index (χ3n) is 5.02. The SMILES string of the molecule is C=CCn1c(SCC(=O)Nc2c(C)nn(-c3ccccc3)c2C)nnc1-c1ccoc1C. The van der Waals surface area contributed by atoms with Crippen molar-refractivity contribution in [1.82, 2.24) is 24.5 Å². The van der Waals surface area contributed by atoms with E-state index in [0.29, 0.717) is 17.5 Å². The lowest BCUT2D eigenvalue weighted by atomic mass is 10.2. The lowest BCUT2D eigenvalue weighted by Gasteiger charge is -2.08. The van der Waals surface area contributed by atoms with Crippen LogP contribution in [0.25, 0.3) is 17.1 Å². The molecule has 0 saturated carbocycles. The first-order valence-corrected chi connectivity index (χ1v) is 11.1. The molecule has 0 atom stereocenters. The van der Waals surface area contributed by atoms with Gasteiger partial charge in [0.2, 0.25) is 5.91 Å². The summed E-state index contributed by atoms with van der Waals surface area (Å²) in [6.07, 6.45) is 3.40. The molecule has 1 amide bonds. The molecule has 0 spiro atoms. The molecule has 164 valence electrons. The van der Waals surface area contributed by atoms with Crippen LogP contribution in [0.3, 0.4) is 0 Å². The van der Waals surface area contributed by atoms with Gasteiger partial charge in [-0.05, 0) is 39.0 Å². The number of anilines is 1. The number of carbonyl (C=O) groups excluding carboxylic acids is 1. The van der Waals surface area contributed by atoms with Crippen molar-refractivity contribution in [3.05, 3.63) is 72.5 Å². The summed E-state index contributed by atoms with van der Waals surface area (Å²) in [4.78, 5) is 12.7. The van der Waals surface area contributed by atoms with Gasteiger partial charge in [-0.1, -0.05) is 36.0 Å². The van der Waals surface area contributed by atoms with Gasteiger partial charge in [-0.2, -0.15) is 5.10 Å². The monoisotopic (exact) mass is 448 g/mol. The minimum absolute atomic E-state index is 0.136. The molecule has 0 saturated heterocycles. The molecule has 1 N–H and O–H groups in total. The molecule has 9 heteroatoms. The van der Waals surface area contributed by atoms with Gasteiger partial charge in [-0.3, -0.25) is 9.36 Å². The Hall–Kier alpha value is -3.59. The second-order valence-corrected chi connectivity index (χ2v) is 8.17. The van der Waals surface area contributed by atoms with Gasteiger partial charge in [0, 0.05) is 6.54 Å². The maximum absolute atomic E-state index is 12.7. The number of furan rings is 1. The highest BCUT2D eigenvalue weighted by Crippen LogP contribution is 2.28. The zero-order chi connectivity index (χ0) is 22.7. The van der Waals surface area contributed by atoms with Crippen molar-refractivity contribution in [3.8, 4) is 17.1 Å². The van der Waals surface area contributed by atoms with E-state index in [-0.39, 0.29) is 11.7 Å². The molecule has 0 unspecified atom stereocenters. The Morgan fingerprint density at radius 3 is 2.66 bits per heavy atom.